The lowest BCUT2D eigenvalue weighted by Gasteiger charge is -2.48. The van der Waals surface area contributed by atoms with Gasteiger partial charge in [-0.1, -0.05) is 59.5 Å². The van der Waals surface area contributed by atoms with Gasteiger partial charge in [-0.2, -0.15) is 0 Å². The number of rotatable bonds is 15. The Kier molecular flexibility index (Phi) is 16.8. The molecule has 0 rings (SSSR count). The van der Waals surface area contributed by atoms with E-state index in [9.17, 15) is 20.1 Å². The van der Waals surface area contributed by atoms with Crippen molar-refractivity contribution < 1.29 is 30.0 Å². The molecule has 0 unspecified atom stereocenters. The lowest BCUT2D eigenvalue weighted by molar-refractivity contribution is -0.194. The third-order valence-corrected chi connectivity index (χ3v) is 4.98. The number of carboxylic acids is 1. The third-order valence-electron chi connectivity index (χ3n) is 4.98. The second-order valence-electron chi connectivity index (χ2n) is 7.24. The van der Waals surface area contributed by atoms with Crippen LogP contribution in [-0.2, 0) is 9.53 Å². The summed E-state index contributed by atoms with van der Waals surface area (Å²) in [5.41, 5.74) is -1.42. The first-order valence-corrected chi connectivity index (χ1v) is 10.1. The van der Waals surface area contributed by atoms with Crippen LogP contribution in [0.25, 0.3) is 0 Å². The summed E-state index contributed by atoms with van der Waals surface area (Å²) in [5, 5.41) is 37.5. The molecule has 0 saturated carbocycles. The number of unbranched alkanes of at least 4 members (excludes halogenated alkanes) is 3. The van der Waals surface area contributed by atoms with E-state index in [0.717, 1.165) is 51.4 Å². The quantitative estimate of drug-likeness (QED) is 0.252. The van der Waals surface area contributed by atoms with E-state index in [2.05, 4.69) is 27.4 Å². The van der Waals surface area contributed by atoms with Gasteiger partial charge in [0.1, 0.15) is 0 Å². The third kappa shape index (κ3) is 9.70. The van der Waals surface area contributed by atoms with Crippen molar-refractivity contribution in [2.45, 2.75) is 84.7 Å². The van der Waals surface area contributed by atoms with Gasteiger partial charge in [0.05, 0.1) is 30.8 Å². The normalized spacial score (nSPS) is 11.7. The smallest absolute Gasteiger partial charge is 0.330 e. The van der Waals surface area contributed by atoms with Crippen LogP contribution in [0.5, 0.6) is 0 Å². The predicted molar refractivity (Wildman–Crippen MR) is 109 cm³/mol. The Bertz CT molecular complexity index is 362. The molecule has 0 fully saturated rings. The van der Waals surface area contributed by atoms with Crippen molar-refractivity contribution >= 4 is 5.97 Å². The number of hydrogen-bond acceptors (Lipinski definition) is 5. The molecule has 0 aromatic rings. The number of carboxylic acid groups (broad SMARTS) is 1. The maximum Gasteiger partial charge on any atom is 0.330 e. The summed E-state index contributed by atoms with van der Waals surface area (Å²) in [4.78, 5) is 9.60. The lowest BCUT2D eigenvalue weighted by atomic mass is 9.68. The average Bonchev–Trinajstić information content (AvgIpc) is 2.66. The molecule has 27 heavy (non-hydrogen) atoms. The van der Waals surface area contributed by atoms with E-state index in [-0.39, 0.29) is 25.4 Å². The molecule has 0 aliphatic carbocycles. The number of aliphatic hydroxyl groups excluding tert-OH is 3. The van der Waals surface area contributed by atoms with Gasteiger partial charge in [0, 0.05) is 12.2 Å². The summed E-state index contributed by atoms with van der Waals surface area (Å²) < 4.78 is 6.23. The van der Waals surface area contributed by atoms with Crippen LogP contribution in [0, 0.1) is 5.41 Å². The second kappa shape index (κ2) is 16.0. The Balaban J connectivity index is 0. The van der Waals surface area contributed by atoms with Crippen LogP contribution in [0.1, 0.15) is 79.1 Å². The van der Waals surface area contributed by atoms with E-state index in [1.807, 2.05) is 0 Å². The van der Waals surface area contributed by atoms with Gasteiger partial charge in [-0.05, 0) is 26.2 Å². The van der Waals surface area contributed by atoms with Crippen LogP contribution in [0.2, 0.25) is 0 Å². The molecule has 6 nitrogen and oxygen atoms in total. The minimum Gasteiger partial charge on any atom is -0.478 e. The lowest BCUT2D eigenvalue weighted by Crippen LogP contribution is -2.57. The molecule has 4 N–H and O–H groups in total. The zero-order valence-electron chi connectivity index (χ0n) is 17.8. The fourth-order valence-electron chi connectivity index (χ4n) is 2.87. The zero-order chi connectivity index (χ0) is 21.3. The fraction of sp³-hybridized carbons (Fsp3) is 0.857. The van der Waals surface area contributed by atoms with E-state index in [0.29, 0.717) is 6.61 Å². The van der Waals surface area contributed by atoms with Crippen molar-refractivity contribution in [1.82, 2.24) is 0 Å². The molecule has 0 bridgehead atoms. The maximum absolute atomic E-state index is 9.87. The first-order valence-electron chi connectivity index (χ1n) is 10.1. The monoisotopic (exact) mass is 390 g/mol. The SMILES string of the molecule is C=C(C)C(=O)O.CCCCOC(CCCC)(CCCC)C(CO)(CO)CO. The molecule has 0 atom stereocenters. The second-order valence-corrected chi connectivity index (χ2v) is 7.24. The van der Waals surface area contributed by atoms with Crippen LogP contribution in [-0.4, -0.2) is 58.4 Å². The Labute approximate surface area is 165 Å². The van der Waals surface area contributed by atoms with Crippen molar-refractivity contribution in [2.24, 2.45) is 5.41 Å². The summed E-state index contributed by atoms with van der Waals surface area (Å²) in [6.45, 7) is 10.8. The number of aliphatic hydroxyl groups is 3. The van der Waals surface area contributed by atoms with Gasteiger partial charge in [0.15, 0.2) is 0 Å². The topological polar surface area (TPSA) is 107 Å². The molecule has 0 aliphatic heterocycles. The Morgan fingerprint density at radius 3 is 1.52 bits per heavy atom. The Hall–Kier alpha value is -0.950. The molecule has 0 spiro atoms. The fourth-order valence-corrected chi connectivity index (χ4v) is 2.87. The number of ether oxygens (including phenoxy) is 1. The molecule has 162 valence electrons. The molecule has 0 saturated heterocycles. The van der Waals surface area contributed by atoms with Crippen LogP contribution in [0.4, 0.5) is 0 Å². The van der Waals surface area contributed by atoms with Gasteiger partial charge in [0.2, 0.25) is 0 Å². The molecule has 0 aliphatic rings. The zero-order valence-corrected chi connectivity index (χ0v) is 17.8. The van der Waals surface area contributed by atoms with E-state index in [4.69, 9.17) is 9.84 Å². The molecule has 0 aromatic heterocycles. The van der Waals surface area contributed by atoms with E-state index in [1.54, 1.807) is 0 Å². The Morgan fingerprint density at radius 2 is 1.26 bits per heavy atom. The van der Waals surface area contributed by atoms with Gasteiger partial charge in [-0.15, -0.1) is 0 Å². The highest BCUT2D eigenvalue weighted by Gasteiger charge is 2.50. The standard InChI is InChI=1S/C17H36O4.C4H6O2/c1-4-7-10-17(11-8-5-2,21-12-9-6-3)16(13-18,14-19)15-20;1-3(2)4(5)6/h18-20H,4-15H2,1-3H3;1H2,2H3,(H,5,6). The van der Waals surface area contributed by atoms with Gasteiger partial charge >= 0.3 is 5.97 Å². The summed E-state index contributed by atoms with van der Waals surface area (Å²) >= 11 is 0. The van der Waals surface area contributed by atoms with Crippen molar-refractivity contribution in [1.29, 1.82) is 0 Å². The molecule has 0 amide bonds. The molecule has 0 aromatic carbocycles. The number of aliphatic carboxylic acids is 1. The number of carbonyl (C=O) groups is 1. The summed E-state index contributed by atoms with van der Waals surface area (Å²) in [6, 6.07) is 0. The first kappa shape index (κ1) is 28.3. The van der Waals surface area contributed by atoms with Crippen LogP contribution in [0.3, 0.4) is 0 Å². The highest BCUT2D eigenvalue weighted by Crippen LogP contribution is 2.42. The van der Waals surface area contributed by atoms with E-state index in [1.165, 1.54) is 6.92 Å². The van der Waals surface area contributed by atoms with E-state index >= 15 is 0 Å². The first-order chi connectivity index (χ1) is 12.8. The average molecular weight is 391 g/mol. The van der Waals surface area contributed by atoms with Crippen LogP contribution >= 0.6 is 0 Å². The van der Waals surface area contributed by atoms with Crippen LogP contribution in [0.15, 0.2) is 12.2 Å². The minimum absolute atomic E-state index is 0.176. The largest absolute Gasteiger partial charge is 0.478 e. The van der Waals surface area contributed by atoms with Gasteiger partial charge < -0.3 is 25.2 Å². The molecule has 6 heteroatoms. The summed E-state index contributed by atoms with van der Waals surface area (Å²) in [7, 11) is 0. The van der Waals surface area contributed by atoms with Crippen LogP contribution < -0.4 is 0 Å². The van der Waals surface area contributed by atoms with Crippen molar-refractivity contribution in [3.8, 4) is 0 Å². The van der Waals surface area contributed by atoms with Crippen molar-refractivity contribution in [2.75, 3.05) is 26.4 Å². The van der Waals surface area contributed by atoms with Gasteiger partial charge in [-0.25, -0.2) is 4.79 Å². The number of hydrogen-bond donors (Lipinski definition) is 4. The van der Waals surface area contributed by atoms with Crippen molar-refractivity contribution in [3.05, 3.63) is 12.2 Å². The van der Waals surface area contributed by atoms with E-state index < -0.39 is 17.0 Å². The maximum atomic E-state index is 9.87. The predicted octanol–water partition coefficient (Wildman–Crippen LogP) is 3.53. The summed E-state index contributed by atoms with van der Waals surface area (Å²) in [5.74, 6) is -0.935. The molecule has 0 heterocycles. The van der Waals surface area contributed by atoms with Crippen molar-refractivity contribution in [3.63, 3.8) is 0 Å². The highest BCUT2D eigenvalue weighted by molar-refractivity contribution is 5.84. The molecular formula is C21H42O6. The molecular weight excluding hydrogens is 348 g/mol. The Morgan fingerprint density at radius 1 is 0.889 bits per heavy atom. The van der Waals surface area contributed by atoms with Gasteiger partial charge in [-0.3, -0.25) is 0 Å². The minimum atomic E-state index is -0.967. The summed E-state index contributed by atoms with van der Waals surface area (Å²) in [6.07, 6.45) is 7.55. The molecule has 0 radical (unpaired) electrons. The highest BCUT2D eigenvalue weighted by atomic mass is 16.5. The van der Waals surface area contributed by atoms with Gasteiger partial charge in [0.25, 0.3) is 0 Å².